The molecule has 0 heterocycles. The average molecular weight is 398 g/mol. The monoisotopic (exact) mass is 397 g/mol. The zero-order chi connectivity index (χ0) is 19.9. The molecule has 0 aliphatic carbocycles. The zero-order valence-electron chi connectivity index (χ0n) is 15.6. The maximum Gasteiger partial charge on any atom is 0.255 e. The van der Waals surface area contributed by atoms with E-state index < -0.39 is 0 Å². The Morgan fingerprint density at radius 1 is 0.929 bits per heavy atom. The first-order valence-corrected chi connectivity index (χ1v) is 8.97. The quantitative estimate of drug-likeness (QED) is 0.596. The molecule has 144 valence electrons. The summed E-state index contributed by atoms with van der Waals surface area (Å²) in [5.74, 6) is 1.48. The molecule has 5 nitrogen and oxygen atoms in total. The summed E-state index contributed by atoms with van der Waals surface area (Å²) >= 11 is 5.99. The van der Waals surface area contributed by atoms with Crippen molar-refractivity contribution in [3.63, 3.8) is 0 Å². The van der Waals surface area contributed by atoms with Gasteiger partial charge in [-0.15, -0.1) is 0 Å². The van der Waals surface area contributed by atoms with Crippen molar-refractivity contribution < 1.29 is 19.0 Å². The summed E-state index contributed by atoms with van der Waals surface area (Å²) in [4.78, 5) is 12.6. The number of methoxy groups -OCH3 is 2. The van der Waals surface area contributed by atoms with Gasteiger partial charge in [0.25, 0.3) is 5.91 Å². The molecule has 0 bridgehead atoms. The summed E-state index contributed by atoms with van der Waals surface area (Å²) in [7, 11) is 3.11. The molecule has 28 heavy (non-hydrogen) atoms. The van der Waals surface area contributed by atoms with E-state index in [4.69, 9.17) is 25.8 Å². The Kier molecular flexibility index (Phi) is 6.40. The summed E-state index contributed by atoms with van der Waals surface area (Å²) in [5, 5.41) is 3.50. The van der Waals surface area contributed by atoms with Crippen molar-refractivity contribution in [3.05, 3.63) is 82.9 Å². The maximum atomic E-state index is 12.6. The predicted molar refractivity (Wildman–Crippen MR) is 110 cm³/mol. The van der Waals surface area contributed by atoms with Gasteiger partial charge in [0, 0.05) is 22.3 Å². The van der Waals surface area contributed by atoms with Crippen LogP contribution in [0, 0.1) is 0 Å². The van der Waals surface area contributed by atoms with Gasteiger partial charge in [-0.25, -0.2) is 0 Å². The van der Waals surface area contributed by atoms with Gasteiger partial charge in [0.2, 0.25) is 0 Å². The van der Waals surface area contributed by atoms with Crippen molar-refractivity contribution in [2.24, 2.45) is 0 Å². The van der Waals surface area contributed by atoms with Crippen LogP contribution in [0.25, 0.3) is 0 Å². The fourth-order valence-electron chi connectivity index (χ4n) is 2.64. The topological polar surface area (TPSA) is 56.8 Å². The van der Waals surface area contributed by atoms with Gasteiger partial charge in [-0.3, -0.25) is 4.79 Å². The molecular weight excluding hydrogens is 378 g/mol. The molecule has 0 saturated carbocycles. The molecule has 6 heteroatoms. The van der Waals surface area contributed by atoms with Gasteiger partial charge in [-0.1, -0.05) is 29.8 Å². The normalized spacial score (nSPS) is 10.2. The minimum atomic E-state index is -0.250. The second-order valence-electron chi connectivity index (χ2n) is 5.97. The van der Waals surface area contributed by atoms with Crippen LogP contribution in [-0.2, 0) is 6.61 Å². The van der Waals surface area contributed by atoms with Crippen LogP contribution in [0.15, 0.2) is 66.7 Å². The number of benzene rings is 3. The van der Waals surface area contributed by atoms with Crippen molar-refractivity contribution in [1.29, 1.82) is 0 Å². The van der Waals surface area contributed by atoms with E-state index in [1.807, 2.05) is 24.3 Å². The molecule has 0 radical (unpaired) electrons. The summed E-state index contributed by atoms with van der Waals surface area (Å²) in [6.45, 7) is 0.362. The Labute approximate surface area is 168 Å². The molecule has 0 aliphatic rings. The Hall–Kier alpha value is -3.18. The molecule has 0 aromatic heterocycles. The molecule has 0 saturated heterocycles. The lowest BCUT2D eigenvalue weighted by Crippen LogP contribution is -2.12. The number of nitrogens with one attached hydrogen (secondary N) is 1. The lowest BCUT2D eigenvalue weighted by Gasteiger charge is -2.11. The molecule has 1 N–H and O–H groups in total. The van der Waals surface area contributed by atoms with E-state index in [1.165, 1.54) is 0 Å². The standard InChI is InChI=1S/C22H20ClNO4/c1-26-20-10-9-18(13-21(20)27-2)24-22(25)16-6-4-8-19(12-16)28-14-15-5-3-7-17(23)11-15/h3-13H,14H2,1-2H3,(H,24,25). The van der Waals surface area contributed by atoms with Crippen molar-refractivity contribution in [2.45, 2.75) is 6.61 Å². The first-order valence-electron chi connectivity index (χ1n) is 8.59. The number of anilines is 1. The van der Waals surface area contributed by atoms with Gasteiger partial charge in [-0.2, -0.15) is 0 Å². The minimum Gasteiger partial charge on any atom is -0.493 e. The number of amides is 1. The predicted octanol–water partition coefficient (Wildman–Crippen LogP) is 5.19. The van der Waals surface area contributed by atoms with E-state index in [1.54, 1.807) is 56.7 Å². The number of carbonyl (C=O) groups is 1. The van der Waals surface area contributed by atoms with Gasteiger partial charge < -0.3 is 19.5 Å². The van der Waals surface area contributed by atoms with Gasteiger partial charge in [-0.05, 0) is 48.0 Å². The van der Waals surface area contributed by atoms with E-state index in [9.17, 15) is 4.79 Å². The Bertz CT molecular complexity index is 974. The van der Waals surface area contributed by atoms with Gasteiger partial charge in [0.15, 0.2) is 11.5 Å². The van der Waals surface area contributed by atoms with Crippen LogP contribution in [0.2, 0.25) is 5.02 Å². The minimum absolute atomic E-state index is 0.250. The number of hydrogen-bond acceptors (Lipinski definition) is 4. The highest BCUT2D eigenvalue weighted by Crippen LogP contribution is 2.30. The van der Waals surface area contributed by atoms with Crippen molar-refractivity contribution >= 4 is 23.2 Å². The van der Waals surface area contributed by atoms with Crippen LogP contribution < -0.4 is 19.5 Å². The molecule has 0 fully saturated rings. The summed E-state index contributed by atoms with van der Waals surface area (Å²) in [5.41, 5.74) is 2.04. The molecular formula is C22H20ClNO4. The van der Waals surface area contributed by atoms with E-state index in [0.29, 0.717) is 40.1 Å². The van der Waals surface area contributed by atoms with Crippen LogP contribution in [0.4, 0.5) is 5.69 Å². The third kappa shape index (κ3) is 4.96. The molecule has 3 aromatic carbocycles. The van der Waals surface area contributed by atoms with Gasteiger partial charge >= 0.3 is 0 Å². The Morgan fingerprint density at radius 2 is 1.71 bits per heavy atom. The molecule has 0 unspecified atom stereocenters. The maximum absolute atomic E-state index is 12.6. The largest absolute Gasteiger partial charge is 0.493 e. The van der Waals surface area contributed by atoms with Crippen LogP contribution in [0.3, 0.4) is 0 Å². The van der Waals surface area contributed by atoms with Crippen LogP contribution >= 0.6 is 11.6 Å². The highest BCUT2D eigenvalue weighted by atomic mass is 35.5. The Balaban J connectivity index is 1.68. The van der Waals surface area contributed by atoms with Crippen molar-refractivity contribution in [1.82, 2.24) is 0 Å². The molecule has 3 aromatic rings. The molecule has 0 aliphatic heterocycles. The first kappa shape index (κ1) is 19.6. The fourth-order valence-corrected chi connectivity index (χ4v) is 2.85. The first-order chi connectivity index (χ1) is 13.6. The second kappa shape index (κ2) is 9.15. The average Bonchev–Trinajstić information content (AvgIpc) is 2.72. The molecule has 3 rings (SSSR count). The SMILES string of the molecule is COc1ccc(NC(=O)c2cccc(OCc3cccc(Cl)c3)c2)cc1OC. The summed E-state index contributed by atoms with van der Waals surface area (Å²) in [6, 6.07) is 19.6. The summed E-state index contributed by atoms with van der Waals surface area (Å²) in [6.07, 6.45) is 0. The van der Waals surface area contributed by atoms with Crippen molar-refractivity contribution in [2.75, 3.05) is 19.5 Å². The number of carbonyl (C=O) groups excluding carboxylic acids is 1. The van der Waals surface area contributed by atoms with Crippen LogP contribution in [-0.4, -0.2) is 20.1 Å². The number of rotatable bonds is 7. The third-order valence-electron chi connectivity index (χ3n) is 4.03. The van der Waals surface area contributed by atoms with Crippen LogP contribution in [0.5, 0.6) is 17.2 Å². The van der Waals surface area contributed by atoms with Gasteiger partial charge in [0.1, 0.15) is 12.4 Å². The summed E-state index contributed by atoms with van der Waals surface area (Å²) < 4.78 is 16.2. The lowest BCUT2D eigenvalue weighted by atomic mass is 10.2. The molecule has 0 spiro atoms. The Morgan fingerprint density at radius 3 is 2.46 bits per heavy atom. The highest BCUT2D eigenvalue weighted by molar-refractivity contribution is 6.30. The fraction of sp³-hybridized carbons (Fsp3) is 0.136. The van der Waals surface area contributed by atoms with Gasteiger partial charge in [0.05, 0.1) is 14.2 Å². The number of ether oxygens (including phenoxy) is 3. The van der Waals surface area contributed by atoms with Crippen LogP contribution in [0.1, 0.15) is 15.9 Å². The lowest BCUT2D eigenvalue weighted by molar-refractivity contribution is 0.102. The van der Waals surface area contributed by atoms with Crippen molar-refractivity contribution in [3.8, 4) is 17.2 Å². The number of hydrogen-bond donors (Lipinski definition) is 1. The highest BCUT2D eigenvalue weighted by Gasteiger charge is 2.10. The van der Waals surface area contributed by atoms with E-state index in [2.05, 4.69) is 5.32 Å². The van der Waals surface area contributed by atoms with E-state index in [0.717, 1.165) is 5.56 Å². The third-order valence-corrected chi connectivity index (χ3v) is 4.27. The molecule has 0 atom stereocenters. The zero-order valence-corrected chi connectivity index (χ0v) is 16.3. The second-order valence-corrected chi connectivity index (χ2v) is 6.41. The van der Waals surface area contributed by atoms with E-state index in [-0.39, 0.29) is 5.91 Å². The smallest absolute Gasteiger partial charge is 0.255 e. The van der Waals surface area contributed by atoms with E-state index >= 15 is 0 Å². The molecule has 1 amide bonds. The number of halogens is 1.